The Hall–Kier alpha value is -5.86. The molecule has 0 bridgehead atoms. The number of para-hydroxylation sites is 2. The smallest absolute Gasteiger partial charge is 0.0649 e. The Bertz CT molecular complexity index is 2380. The van der Waals surface area contributed by atoms with Crippen LogP contribution in [-0.2, 0) is 5.41 Å². The van der Waals surface area contributed by atoms with Crippen LogP contribution in [0.25, 0.3) is 22.3 Å². The highest BCUT2D eigenvalue weighted by Crippen LogP contribution is 2.53. The molecule has 8 rings (SSSR count). The summed E-state index contributed by atoms with van der Waals surface area (Å²) in [6, 6.07) is 46.6. The van der Waals surface area contributed by atoms with Gasteiger partial charge < -0.3 is 9.80 Å². The van der Waals surface area contributed by atoms with Crippen LogP contribution in [0, 0.1) is 0 Å². The highest BCUT2D eigenvalue weighted by molar-refractivity contribution is 5.89. The van der Waals surface area contributed by atoms with Crippen LogP contribution >= 0.6 is 0 Å². The number of fused-ring (bicyclic) bond motifs is 2. The predicted octanol–water partition coefficient (Wildman–Crippen LogP) is 12.6. The Morgan fingerprint density at radius 1 is 0.468 bits per heavy atom. The van der Waals surface area contributed by atoms with Gasteiger partial charge >= 0.3 is 0 Å². The van der Waals surface area contributed by atoms with Crippen LogP contribution in [0.15, 0.2) is 182 Å². The van der Waals surface area contributed by atoms with Gasteiger partial charge in [0.1, 0.15) is 0 Å². The molecule has 1 heterocycles. The van der Waals surface area contributed by atoms with E-state index in [1.165, 1.54) is 6.07 Å². The number of anilines is 6. The van der Waals surface area contributed by atoms with Crippen molar-refractivity contribution in [1.29, 1.82) is 0 Å². The van der Waals surface area contributed by atoms with Gasteiger partial charge in [-0.25, -0.2) is 0 Å². The molecule has 47 heavy (non-hydrogen) atoms. The quantitative estimate of drug-likeness (QED) is 0.185. The van der Waals surface area contributed by atoms with Gasteiger partial charge in [0, 0.05) is 28.2 Å². The monoisotopic (exact) mass is 610 g/mol. The zero-order valence-electron chi connectivity index (χ0n) is 32.3. The standard InChI is InChI=1S/C45H36N2/c1-45(2)41-20-12-13-21-43(41)47(37-18-10-5-11-19-37)44-31-30-40(32-42(44)45)46(38-26-22-35(23-27-38)33-14-6-3-7-15-33)39-28-24-36(25-29-39)34-16-8-4-9-17-34/h3-32H,1-2H3/i12D,20D,21D,30D,31D,32D. The summed E-state index contributed by atoms with van der Waals surface area (Å²) in [5, 5.41) is 0. The highest BCUT2D eigenvalue weighted by atomic mass is 15.2. The first kappa shape index (κ1) is 22.6. The molecule has 7 aromatic carbocycles. The molecule has 0 saturated carbocycles. The first-order valence-corrected chi connectivity index (χ1v) is 15.8. The van der Waals surface area contributed by atoms with E-state index in [1.54, 1.807) is 4.90 Å². The molecule has 0 saturated heterocycles. The lowest BCUT2D eigenvalue weighted by molar-refractivity contribution is 0.632. The van der Waals surface area contributed by atoms with Crippen LogP contribution in [0.3, 0.4) is 0 Å². The molecule has 0 aromatic heterocycles. The van der Waals surface area contributed by atoms with Crippen molar-refractivity contribution < 1.29 is 8.22 Å². The fraction of sp³-hybridized carbons (Fsp3) is 0.0667. The molecule has 0 spiro atoms. The van der Waals surface area contributed by atoms with E-state index in [-0.39, 0.29) is 41.9 Å². The molecule has 0 fully saturated rings. The van der Waals surface area contributed by atoms with Crippen LogP contribution in [0.4, 0.5) is 34.1 Å². The van der Waals surface area contributed by atoms with Crippen molar-refractivity contribution in [2.75, 3.05) is 9.80 Å². The second kappa shape index (κ2) is 11.8. The van der Waals surface area contributed by atoms with Crippen molar-refractivity contribution in [3.8, 4) is 22.3 Å². The minimum atomic E-state index is -1.07. The number of hydrogen-bond donors (Lipinski definition) is 0. The van der Waals surface area contributed by atoms with E-state index in [1.807, 2.05) is 134 Å². The van der Waals surface area contributed by atoms with Gasteiger partial charge in [0.25, 0.3) is 0 Å². The van der Waals surface area contributed by atoms with Crippen LogP contribution in [0.2, 0.25) is 0 Å². The molecule has 2 nitrogen and oxygen atoms in total. The molecule has 0 unspecified atom stereocenters. The molecule has 2 heteroatoms. The van der Waals surface area contributed by atoms with Crippen molar-refractivity contribution in [3.63, 3.8) is 0 Å². The van der Waals surface area contributed by atoms with Crippen LogP contribution < -0.4 is 9.80 Å². The van der Waals surface area contributed by atoms with E-state index in [4.69, 9.17) is 4.11 Å². The summed E-state index contributed by atoms with van der Waals surface area (Å²) in [7, 11) is 0. The zero-order valence-corrected chi connectivity index (χ0v) is 26.3. The van der Waals surface area contributed by atoms with Gasteiger partial charge in [-0.15, -0.1) is 0 Å². The molecule has 1 aliphatic heterocycles. The van der Waals surface area contributed by atoms with Crippen molar-refractivity contribution in [2.24, 2.45) is 0 Å². The maximum absolute atomic E-state index is 10.0. The van der Waals surface area contributed by atoms with Gasteiger partial charge in [-0.1, -0.05) is 135 Å². The van der Waals surface area contributed by atoms with Gasteiger partial charge in [-0.3, -0.25) is 0 Å². The first-order valence-electron chi connectivity index (χ1n) is 18.8. The van der Waals surface area contributed by atoms with Crippen LogP contribution in [-0.4, -0.2) is 0 Å². The summed E-state index contributed by atoms with van der Waals surface area (Å²) in [5.41, 5.74) is 7.03. The highest BCUT2D eigenvalue weighted by Gasteiger charge is 2.37. The zero-order chi connectivity index (χ0) is 37.0. The number of nitrogens with zero attached hydrogens (tertiary/aromatic N) is 2. The summed E-state index contributed by atoms with van der Waals surface area (Å²) >= 11 is 0. The van der Waals surface area contributed by atoms with Gasteiger partial charge in [0.05, 0.1) is 19.6 Å². The number of hydrogen-bond acceptors (Lipinski definition) is 2. The van der Waals surface area contributed by atoms with Crippen molar-refractivity contribution in [2.45, 2.75) is 19.3 Å². The molecule has 1 aliphatic rings. The minimum Gasteiger partial charge on any atom is -0.310 e. The SMILES string of the molecule is [2H]c1cc([2H])c2c(c1[2H])C(C)(C)c1c([2H])c(N(c3ccc(-c4ccccc4)cc3)c3ccc(-c4ccccc4)cc3)c([2H])c([2H])c1N2c1ccccc1. The lowest BCUT2D eigenvalue weighted by Crippen LogP contribution is -2.30. The Kier molecular flexibility index (Phi) is 5.69. The predicted molar refractivity (Wildman–Crippen MR) is 199 cm³/mol. The first-order chi connectivity index (χ1) is 25.6. The minimum absolute atomic E-state index is 0.0279. The topological polar surface area (TPSA) is 6.48 Å². The lowest BCUT2D eigenvalue weighted by Gasteiger charge is -2.42. The summed E-state index contributed by atoms with van der Waals surface area (Å²) in [6.45, 7) is 3.78. The number of benzene rings is 7. The Balaban J connectivity index is 1.40. The van der Waals surface area contributed by atoms with Gasteiger partial charge in [-0.2, -0.15) is 0 Å². The van der Waals surface area contributed by atoms with Crippen LogP contribution in [0.1, 0.15) is 33.2 Å². The summed E-state index contributed by atoms with van der Waals surface area (Å²) in [6.07, 6.45) is 0. The van der Waals surface area contributed by atoms with E-state index >= 15 is 0 Å². The molecule has 0 atom stereocenters. The molecule has 0 N–H and O–H groups in total. The van der Waals surface area contributed by atoms with Crippen molar-refractivity contribution in [3.05, 3.63) is 193 Å². The average Bonchev–Trinajstić information content (AvgIpc) is 3.18. The van der Waals surface area contributed by atoms with E-state index in [0.29, 0.717) is 28.2 Å². The number of rotatable bonds is 6. The second-order valence-corrected chi connectivity index (χ2v) is 12.2. The van der Waals surface area contributed by atoms with Crippen molar-refractivity contribution in [1.82, 2.24) is 0 Å². The molecule has 0 amide bonds. The summed E-state index contributed by atoms with van der Waals surface area (Å²) < 4.78 is 56.2. The van der Waals surface area contributed by atoms with E-state index in [9.17, 15) is 4.11 Å². The summed E-state index contributed by atoms with van der Waals surface area (Å²) in [5.74, 6) is 0. The van der Waals surface area contributed by atoms with Crippen molar-refractivity contribution >= 4 is 34.1 Å². The third-order valence-electron chi connectivity index (χ3n) is 8.90. The van der Waals surface area contributed by atoms with Gasteiger partial charge in [0.15, 0.2) is 0 Å². The van der Waals surface area contributed by atoms with Gasteiger partial charge in [-0.05, 0) is 93.9 Å². The molecule has 226 valence electrons. The van der Waals surface area contributed by atoms with Gasteiger partial charge in [0.2, 0.25) is 0 Å². The maximum atomic E-state index is 10.0. The van der Waals surface area contributed by atoms with E-state index in [0.717, 1.165) is 33.6 Å². The molecular weight excluding hydrogens is 569 g/mol. The summed E-state index contributed by atoms with van der Waals surface area (Å²) in [4.78, 5) is 3.62. The molecule has 0 radical (unpaired) electrons. The molecular formula is C45H36N2. The largest absolute Gasteiger partial charge is 0.310 e. The Labute approximate surface area is 286 Å². The fourth-order valence-electron chi connectivity index (χ4n) is 6.44. The van der Waals surface area contributed by atoms with E-state index < -0.39 is 5.41 Å². The third kappa shape index (κ3) is 5.18. The Morgan fingerprint density at radius 3 is 1.51 bits per heavy atom. The Morgan fingerprint density at radius 2 is 0.957 bits per heavy atom. The average molecular weight is 611 g/mol. The maximum Gasteiger partial charge on any atom is 0.0649 e. The second-order valence-electron chi connectivity index (χ2n) is 12.2. The normalized spacial score (nSPS) is 14.8. The van der Waals surface area contributed by atoms with Crippen LogP contribution in [0.5, 0.6) is 0 Å². The molecule has 0 aliphatic carbocycles. The fourth-order valence-corrected chi connectivity index (χ4v) is 6.44. The third-order valence-corrected chi connectivity index (χ3v) is 8.90. The molecule has 7 aromatic rings. The lowest BCUT2D eigenvalue weighted by atomic mass is 9.73. The van der Waals surface area contributed by atoms with E-state index in [2.05, 4.69) is 24.3 Å².